The SMILES string of the molecule is COCCc1nc(-c2cc(Cl)c(N)cc2OC)n[nH]1. The largest absolute Gasteiger partial charge is 0.496 e. The number of hydrogen-bond acceptors (Lipinski definition) is 5. The van der Waals surface area contributed by atoms with Crippen LogP contribution >= 0.6 is 11.6 Å². The number of halogens is 1. The number of nitrogen functional groups attached to an aromatic ring is 1. The van der Waals surface area contributed by atoms with E-state index in [2.05, 4.69) is 15.2 Å². The van der Waals surface area contributed by atoms with Crippen LogP contribution in [0, 0.1) is 0 Å². The summed E-state index contributed by atoms with van der Waals surface area (Å²) >= 11 is 6.02. The Labute approximate surface area is 115 Å². The highest BCUT2D eigenvalue weighted by atomic mass is 35.5. The molecule has 0 fully saturated rings. The van der Waals surface area contributed by atoms with Crippen molar-refractivity contribution in [2.24, 2.45) is 0 Å². The number of nitrogens with zero attached hydrogens (tertiary/aromatic N) is 2. The van der Waals surface area contributed by atoms with E-state index in [9.17, 15) is 0 Å². The summed E-state index contributed by atoms with van der Waals surface area (Å²) < 4.78 is 10.3. The fourth-order valence-corrected chi connectivity index (χ4v) is 1.80. The minimum Gasteiger partial charge on any atom is -0.496 e. The summed E-state index contributed by atoms with van der Waals surface area (Å²) in [6.07, 6.45) is 0.661. The van der Waals surface area contributed by atoms with Gasteiger partial charge in [-0.05, 0) is 6.07 Å². The molecule has 0 atom stereocenters. The zero-order chi connectivity index (χ0) is 13.8. The van der Waals surface area contributed by atoms with E-state index in [1.165, 1.54) is 0 Å². The molecule has 1 heterocycles. The van der Waals surface area contributed by atoms with E-state index in [0.29, 0.717) is 40.9 Å². The Morgan fingerprint density at radius 3 is 2.84 bits per heavy atom. The standard InChI is InChI=1S/C12H15ClN4O2/c1-18-4-3-11-15-12(17-16-11)7-5-8(13)9(14)6-10(7)19-2/h5-6H,3-4,14H2,1-2H3,(H,15,16,17). The summed E-state index contributed by atoms with van der Waals surface area (Å²) in [5, 5.41) is 7.44. The van der Waals surface area contributed by atoms with Crippen molar-refractivity contribution in [1.29, 1.82) is 0 Å². The van der Waals surface area contributed by atoms with Gasteiger partial charge in [0.1, 0.15) is 11.6 Å². The van der Waals surface area contributed by atoms with Gasteiger partial charge in [0.05, 0.1) is 30.0 Å². The Morgan fingerprint density at radius 1 is 1.37 bits per heavy atom. The number of nitrogens with two attached hydrogens (primary N) is 1. The van der Waals surface area contributed by atoms with Gasteiger partial charge in [0.25, 0.3) is 0 Å². The minimum absolute atomic E-state index is 0.444. The van der Waals surface area contributed by atoms with Crippen molar-refractivity contribution >= 4 is 17.3 Å². The lowest BCUT2D eigenvalue weighted by Crippen LogP contribution is -1.96. The molecule has 6 nitrogen and oxygen atoms in total. The second-order valence-corrected chi connectivity index (χ2v) is 4.33. The molecule has 0 saturated heterocycles. The lowest BCUT2D eigenvalue weighted by atomic mass is 10.1. The third kappa shape index (κ3) is 2.97. The maximum absolute atomic E-state index is 6.02. The number of hydrogen-bond donors (Lipinski definition) is 2. The van der Waals surface area contributed by atoms with Gasteiger partial charge in [-0.1, -0.05) is 11.6 Å². The van der Waals surface area contributed by atoms with Gasteiger partial charge in [0.15, 0.2) is 5.82 Å². The molecule has 2 rings (SSSR count). The summed E-state index contributed by atoms with van der Waals surface area (Å²) in [5.41, 5.74) is 6.89. The number of benzene rings is 1. The lowest BCUT2D eigenvalue weighted by Gasteiger charge is -2.07. The molecule has 1 aromatic carbocycles. The molecule has 0 bridgehead atoms. The molecule has 0 amide bonds. The molecule has 7 heteroatoms. The monoisotopic (exact) mass is 282 g/mol. The predicted octanol–water partition coefficient (Wildman–Crippen LogP) is 1.90. The predicted molar refractivity (Wildman–Crippen MR) is 73.4 cm³/mol. The molecule has 0 radical (unpaired) electrons. The Morgan fingerprint density at radius 2 is 2.16 bits per heavy atom. The third-order valence-corrected chi connectivity index (χ3v) is 2.96. The molecule has 3 N–H and O–H groups in total. The number of aromatic nitrogens is 3. The first-order valence-electron chi connectivity index (χ1n) is 5.69. The number of aromatic amines is 1. The number of methoxy groups -OCH3 is 2. The number of anilines is 1. The Hall–Kier alpha value is -1.79. The summed E-state index contributed by atoms with van der Waals surface area (Å²) in [5.74, 6) is 1.84. The van der Waals surface area contributed by atoms with Crippen molar-refractivity contribution in [1.82, 2.24) is 15.2 Å². The molecule has 0 unspecified atom stereocenters. The van der Waals surface area contributed by atoms with Crippen molar-refractivity contribution in [3.63, 3.8) is 0 Å². The molecular weight excluding hydrogens is 268 g/mol. The number of ether oxygens (including phenoxy) is 2. The van der Waals surface area contributed by atoms with E-state index in [1.54, 1.807) is 26.4 Å². The van der Waals surface area contributed by atoms with Gasteiger partial charge in [-0.25, -0.2) is 4.98 Å². The first-order valence-corrected chi connectivity index (χ1v) is 6.07. The van der Waals surface area contributed by atoms with E-state index < -0.39 is 0 Å². The van der Waals surface area contributed by atoms with Crippen LogP contribution in [-0.4, -0.2) is 36.0 Å². The summed E-state index contributed by atoms with van der Waals surface area (Å²) in [6.45, 7) is 0.578. The highest BCUT2D eigenvalue weighted by Gasteiger charge is 2.14. The van der Waals surface area contributed by atoms with Crippen LogP contribution in [0.2, 0.25) is 5.02 Å². The average Bonchev–Trinajstić information content (AvgIpc) is 2.87. The Balaban J connectivity index is 2.35. The molecule has 0 saturated carbocycles. The Bertz CT molecular complexity index is 571. The van der Waals surface area contributed by atoms with Crippen molar-refractivity contribution in [3.8, 4) is 17.1 Å². The van der Waals surface area contributed by atoms with Gasteiger partial charge < -0.3 is 15.2 Å². The fraction of sp³-hybridized carbons (Fsp3) is 0.333. The van der Waals surface area contributed by atoms with Crippen LogP contribution in [0.25, 0.3) is 11.4 Å². The third-order valence-electron chi connectivity index (χ3n) is 2.63. The van der Waals surface area contributed by atoms with Crippen LogP contribution in [-0.2, 0) is 11.2 Å². The van der Waals surface area contributed by atoms with Crippen LogP contribution in [0.3, 0.4) is 0 Å². The second kappa shape index (κ2) is 5.90. The normalized spacial score (nSPS) is 10.7. The van der Waals surface area contributed by atoms with Crippen LogP contribution in [0.4, 0.5) is 5.69 Å². The quantitative estimate of drug-likeness (QED) is 0.818. The smallest absolute Gasteiger partial charge is 0.184 e. The van der Waals surface area contributed by atoms with E-state index in [0.717, 1.165) is 5.82 Å². The molecule has 19 heavy (non-hydrogen) atoms. The number of H-pyrrole nitrogens is 1. The van der Waals surface area contributed by atoms with E-state index in [1.807, 2.05) is 0 Å². The zero-order valence-corrected chi connectivity index (χ0v) is 11.5. The first-order chi connectivity index (χ1) is 9.15. The molecular formula is C12H15ClN4O2. The fourth-order valence-electron chi connectivity index (χ4n) is 1.64. The van der Waals surface area contributed by atoms with Crippen LogP contribution in [0.15, 0.2) is 12.1 Å². The van der Waals surface area contributed by atoms with Gasteiger partial charge in [-0.3, -0.25) is 5.10 Å². The molecule has 1 aromatic heterocycles. The second-order valence-electron chi connectivity index (χ2n) is 3.92. The zero-order valence-electron chi connectivity index (χ0n) is 10.7. The number of nitrogens with one attached hydrogen (secondary N) is 1. The van der Waals surface area contributed by atoms with E-state index >= 15 is 0 Å². The maximum Gasteiger partial charge on any atom is 0.184 e. The van der Waals surface area contributed by atoms with Gasteiger partial charge in [0.2, 0.25) is 0 Å². The maximum atomic E-state index is 6.02. The highest BCUT2D eigenvalue weighted by molar-refractivity contribution is 6.33. The molecule has 2 aromatic rings. The average molecular weight is 283 g/mol. The summed E-state index contributed by atoms with van der Waals surface area (Å²) in [6, 6.07) is 3.35. The molecule has 0 spiro atoms. The lowest BCUT2D eigenvalue weighted by molar-refractivity contribution is 0.200. The molecule has 0 aliphatic carbocycles. The Kier molecular flexibility index (Phi) is 4.24. The van der Waals surface area contributed by atoms with Gasteiger partial charge in [-0.2, -0.15) is 5.10 Å². The molecule has 0 aliphatic heterocycles. The summed E-state index contributed by atoms with van der Waals surface area (Å²) in [4.78, 5) is 4.37. The van der Waals surface area contributed by atoms with Crippen molar-refractivity contribution in [2.75, 3.05) is 26.6 Å². The minimum atomic E-state index is 0.444. The van der Waals surface area contributed by atoms with Gasteiger partial charge >= 0.3 is 0 Å². The van der Waals surface area contributed by atoms with Crippen molar-refractivity contribution in [3.05, 3.63) is 23.0 Å². The van der Waals surface area contributed by atoms with E-state index in [4.69, 9.17) is 26.8 Å². The first kappa shape index (κ1) is 13.6. The van der Waals surface area contributed by atoms with Crippen LogP contribution in [0.1, 0.15) is 5.82 Å². The van der Waals surface area contributed by atoms with E-state index in [-0.39, 0.29) is 0 Å². The molecule has 102 valence electrons. The van der Waals surface area contributed by atoms with Gasteiger partial charge in [0, 0.05) is 19.6 Å². The number of rotatable bonds is 5. The molecule has 0 aliphatic rings. The van der Waals surface area contributed by atoms with Crippen molar-refractivity contribution in [2.45, 2.75) is 6.42 Å². The van der Waals surface area contributed by atoms with Gasteiger partial charge in [-0.15, -0.1) is 0 Å². The van der Waals surface area contributed by atoms with Crippen LogP contribution < -0.4 is 10.5 Å². The summed E-state index contributed by atoms with van der Waals surface area (Å²) in [7, 11) is 3.20. The highest BCUT2D eigenvalue weighted by Crippen LogP contribution is 2.34. The topological polar surface area (TPSA) is 86.1 Å². The van der Waals surface area contributed by atoms with Crippen LogP contribution in [0.5, 0.6) is 5.75 Å². The van der Waals surface area contributed by atoms with Crippen molar-refractivity contribution < 1.29 is 9.47 Å².